The normalized spacial score (nSPS) is 8.62. The Labute approximate surface area is 76.1 Å². The van der Waals surface area contributed by atoms with Crippen LogP contribution in [0, 0.1) is 0 Å². The van der Waals surface area contributed by atoms with Gasteiger partial charge in [-0.1, -0.05) is 18.2 Å². The molecule has 13 heavy (non-hydrogen) atoms. The third-order valence-corrected chi connectivity index (χ3v) is 1.45. The number of carbonyl (C=O) groups is 2. The zero-order valence-corrected chi connectivity index (χ0v) is 6.94. The quantitative estimate of drug-likeness (QED) is 0.325. The average molecular weight is 175 g/mol. The number of hydrogen-bond acceptors (Lipinski definition) is 3. The molecule has 3 nitrogen and oxygen atoms in total. The molecule has 1 aromatic carbocycles. The van der Waals surface area contributed by atoms with Crippen molar-refractivity contribution in [1.29, 1.82) is 0 Å². The molecule has 0 saturated heterocycles. The molecule has 0 aromatic heterocycles. The topological polar surface area (TPSA) is 46.2 Å². The van der Waals surface area contributed by atoms with Crippen molar-refractivity contribution < 1.29 is 9.59 Å². The van der Waals surface area contributed by atoms with Gasteiger partial charge in [0.25, 0.3) is 0 Å². The standard InChI is InChI=1S/C10H9NO2/c12-7-9(8-13)6-11-10-4-2-1-3-5-10/h1-8,11H. The molecule has 0 radical (unpaired) electrons. The van der Waals surface area contributed by atoms with Gasteiger partial charge >= 0.3 is 0 Å². The summed E-state index contributed by atoms with van der Waals surface area (Å²) in [7, 11) is 0. The second-order valence-corrected chi connectivity index (χ2v) is 2.39. The zero-order chi connectivity index (χ0) is 9.52. The Hall–Kier alpha value is -1.90. The maximum atomic E-state index is 10.2. The van der Waals surface area contributed by atoms with Crippen molar-refractivity contribution in [2.75, 3.05) is 5.32 Å². The summed E-state index contributed by atoms with van der Waals surface area (Å²) >= 11 is 0. The van der Waals surface area contributed by atoms with Crippen LogP contribution in [0.25, 0.3) is 0 Å². The summed E-state index contributed by atoms with van der Waals surface area (Å²) in [6.07, 6.45) is 2.38. The van der Waals surface area contributed by atoms with E-state index in [1.165, 1.54) is 6.20 Å². The van der Waals surface area contributed by atoms with Crippen molar-refractivity contribution in [3.05, 3.63) is 42.1 Å². The van der Waals surface area contributed by atoms with Crippen molar-refractivity contribution in [3.63, 3.8) is 0 Å². The highest BCUT2D eigenvalue weighted by molar-refractivity contribution is 5.99. The fourth-order valence-electron chi connectivity index (χ4n) is 0.797. The van der Waals surface area contributed by atoms with Gasteiger partial charge in [-0.25, -0.2) is 0 Å². The monoisotopic (exact) mass is 175 g/mol. The molecule has 0 unspecified atom stereocenters. The lowest BCUT2D eigenvalue weighted by atomic mass is 10.3. The summed E-state index contributed by atoms with van der Waals surface area (Å²) in [5, 5.41) is 2.82. The molecule has 66 valence electrons. The number of rotatable bonds is 4. The van der Waals surface area contributed by atoms with E-state index >= 15 is 0 Å². The first-order valence-corrected chi connectivity index (χ1v) is 3.79. The molecule has 3 heteroatoms. The molecule has 0 aliphatic heterocycles. The number of para-hydroxylation sites is 1. The lowest BCUT2D eigenvalue weighted by molar-refractivity contribution is -0.109. The first-order valence-electron chi connectivity index (χ1n) is 3.79. The van der Waals surface area contributed by atoms with Crippen LogP contribution in [0.15, 0.2) is 42.1 Å². The second-order valence-electron chi connectivity index (χ2n) is 2.39. The van der Waals surface area contributed by atoms with E-state index in [0.29, 0.717) is 12.6 Å². The van der Waals surface area contributed by atoms with Gasteiger partial charge in [0.2, 0.25) is 0 Å². The van der Waals surface area contributed by atoms with Gasteiger partial charge in [-0.15, -0.1) is 0 Å². The van der Waals surface area contributed by atoms with Gasteiger partial charge in [-0.05, 0) is 12.1 Å². The van der Waals surface area contributed by atoms with E-state index in [-0.39, 0.29) is 5.57 Å². The second kappa shape index (κ2) is 4.87. The Bertz CT molecular complexity index is 307. The van der Waals surface area contributed by atoms with Gasteiger partial charge in [0, 0.05) is 11.9 Å². The van der Waals surface area contributed by atoms with Crippen molar-refractivity contribution >= 4 is 18.3 Å². The number of carbonyl (C=O) groups excluding carboxylic acids is 2. The SMILES string of the molecule is O=CC(C=O)=CNc1ccccc1. The summed E-state index contributed by atoms with van der Waals surface area (Å²) < 4.78 is 0. The van der Waals surface area contributed by atoms with Crippen LogP contribution >= 0.6 is 0 Å². The van der Waals surface area contributed by atoms with Crippen molar-refractivity contribution in [3.8, 4) is 0 Å². The maximum Gasteiger partial charge on any atom is 0.154 e. The minimum Gasteiger partial charge on any atom is -0.361 e. The van der Waals surface area contributed by atoms with E-state index in [4.69, 9.17) is 0 Å². The maximum absolute atomic E-state index is 10.2. The van der Waals surface area contributed by atoms with E-state index < -0.39 is 0 Å². The fraction of sp³-hybridized carbons (Fsp3) is 0. The Balaban J connectivity index is 2.65. The lowest BCUT2D eigenvalue weighted by Gasteiger charge is -1.98. The summed E-state index contributed by atoms with van der Waals surface area (Å²) in [5.41, 5.74) is 0.924. The fourth-order valence-corrected chi connectivity index (χ4v) is 0.797. The highest BCUT2D eigenvalue weighted by atomic mass is 16.1. The number of benzene rings is 1. The zero-order valence-electron chi connectivity index (χ0n) is 6.94. The van der Waals surface area contributed by atoms with Crippen LogP contribution in [0.5, 0.6) is 0 Å². The molecule has 0 heterocycles. The molecular weight excluding hydrogens is 166 g/mol. The molecule has 0 fully saturated rings. The summed E-state index contributed by atoms with van der Waals surface area (Å²) in [6, 6.07) is 9.28. The Morgan fingerprint density at radius 3 is 2.23 bits per heavy atom. The van der Waals surface area contributed by atoms with Crippen molar-refractivity contribution in [2.24, 2.45) is 0 Å². The van der Waals surface area contributed by atoms with Crippen molar-refractivity contribution in [1.82, 2.24) is 0 Å². The number of hydrogen-bond donors (Lipinski definition) is 1. The summed E-state index contributed by atoms with van der Waals surface area (Å²) in [6.45, 7) is 0. The van der Waals surface area contributed by atoms with Crippen LogP contribution in [-0.4, -0.2) is 12.6 Å². The molecule has 0 aliphatic rings. The molecule has 1 aromatic rings. The highest BCUT2D eigenvalue weighted by Gasteiger charge is 1.90. The van der Waals surface area contributed by atoms with Crippen LogP contribution in [0.4, 0.5) is 5.69 Å². The Morgan fingerprint density at radius 1 is 1.08 bits per heavy atom. The van der Waals surface area contributed by atoms with Gasteiger partial charge in [0.05, 0.1) is 5.57 Å². The van der Waals surface area contributed by atoms with E-state index in [9.17, 15) is 9.59 Å². The van der Waals surface area contributed by atoms with E-state index in [2.05, 4.69) is 5.32 Å². The van der Waals surface area contributed by atoms with Gasteiger partial charge in [0.15, 0.2) is 12.6 Å². The van der Waals surface area contributed by atoms with E-state index in [1.54, 1.807) is 0 Å². The molecule has 0 amide bonds. The minimum atomic E-state index is 0.0869. The molecule has 0 spiro atoms. The number of nitrogens with one attached hydrogen (secondary N) is 1. The molecule has 0 bridgehead atoms. The molecule has 1 rings (SSSR count). The summed E-state index contributed by atoms with van der Waals surface area (Å²) in [5.74, 6) is 0. The Morgan fingerprint density at radius 2 is 1.69 bits per heavy atom. The van der Waals surface area contributed by atoms with Crippen LogP contribution < -0.4 is 5.32 Å². The number of aldehydes is 2. The average Bonchev–Trinajstić information content (AvgIpc) is 2.21. The third-order valence-electron chi connectivity index (χ3n) is 1.45. The lowest BCUT2D eigenvalue weighted by Crippen LogP contribution is -1.93. The van der Waals surface area contributed by atoms with Gasteiger partial charge < -0.3 is 5.32 Å². The van der Waals surface area contributed by atoms with Gasteiger partial charge in [0.1, 0.15) is 0 Å². The smallest absolute Gasteiger partial charge is 0.154 e. The summed E-state index contributed by atoms with van der Waals surface area (Å²) in [4.78, 5) is 20.4. The Kier molecular flexibility index (Phi) is 3.45. The highest BCUT2D eigenvalue weighted by Crippen LogP contribution is 2.04. The molecule has 0 atom stereocenters. The van der Waals surface area contributed by atoms with Crippen LogP contribution in [0.3, 0.4) is 0 Å². The minimum absolute atomic E-state index is 0.0869. The van der Waals surface area contributed by atoms with Gasteiger partial charge in [-0.3, -0.25) is 9.59 Å². The third kappa shape index (κ3) is 2.91. The van der Waals surface area contributed by atoms with E-state index in [1.807, 2.05) is 30.3 Å². The number of anilines is 1. The molecular formula is C10H9NO2. The molecule has 0 aliphatic carbocycles. The van der Waals surface area contributed by atoms with Gasteiger partial charge in [-0.2, -0.15) is 0 Å². The van der Waals surface area contributed by atoms with Crippen LogP contribution in [0.2, 0.25) is 0 Å². The van der Waals surface area contributed by atoms with Crippen LogP contribution in [0.1, 0.15) is 0 Å². The van der Waals surface area contributed by atoms with Crippen LogP contribution in [-0.2, 0) is 9.59 Å². The molecule has 0 saturated carbocycles. The first-order chi connectivity index (χ1) is 6.36. The number of allylic oxidation sites excluding steroid dienone is 1. The van der Waals surface area contributed by atoms with E-state index in [0.717, 1.165) is 5.69 Å². The first kappa shape index (κ1) is 9.19. The predicted octanol–water partition coefficient (Wildman–Crippen LogP) is 1.38. The largest absolute Gasteiger partial charge is 0.361 e. The predicted molar refractivity (Wildman–Crippen MR) is 50.3 cm³/mol. The van der Waals surface area contributed by atoms with Crippen molar-refractivity contribution in [2.45, 2.75) is 0 Å². The molecule has 1 N–H and O–H groups in total.